The van der Waals surface area contributed by atoms with E-state index in [0.29, 0.717) is 28.1 Å². The minimum atomic E-state index is -0.684. The van der Waals surface area contributed by atoms with Crippen molar-refractivity contribution in [1.82, 2.24) is 4.90 Å². The molecular formula is C24H22ClNO4. The van der Waals surface area contributed by atoms with E-state index in [1.54, 1.807) is 24.3 Å². The average Bonchev–Trinajstić information content (AvgIpc) is 3.09. The van der Waals surface area contributed by atoms with Crippen LogP contribution >= 0.6 is 11.6 Å². The number of likely N-dealkylation sites (N-methyl/N-ethyl adjacent to an activating group) is 1. The van der Waals surface area contributed by atoms with Gasteiger partial charge in [-0.2, -0.15) is 0 Å². The van der Waals surface area contributed by atoms with E-state index in [4.69, 9.17) is 21.1 Å². The number of carbonyl (C=O) groups excluding carboxylic acids is 1. The van der Waals surface area contributed by atoms with Crippen LogP contribution in [0.4, 0.5) is 0 Å². The van der Waals surface area contributed by atoms with Gasteiger partial charge in [-0.3, -0.25) is 0 Å². The molecule has 0 saturated carbocycles. The summed E-state index contributed by atoms with van der Waals surface area (Å²) in [6.07, 6.45) is 4.81. The molecular weight excluding hydrogens is 402 g/mol. The van der Waals surface area contributed by atoms with E-state index in [1.165, 1.54) is 5.56 Å². The molecule has 2 aliphatic heterocycles. The van der Waals surface area contributed by atoms with E-state index in [2.05, 4.69) is 24.1 Å². The van der Waals surface area contributed by atoms with Crippen molar-refractivity contribution < 1.29 is 19.4 Å². The molecule has 1 fully saturated rings. The molecule has 6 rings (SSSR count). The Morgan fingerprint density at radius 1 is 1.27 bits per heavy atom. The molecule has 30 heavy (non-hydrogen) atoms. The van der Waals surface area contributed by atoms with E-state index in [-0.39, 0.29) is 17.4 Å². The summed E-state index contributed by atoms with van der Waals surface area (Å²) < 4.78 is 12.2. The zero-order chi connectivity index (χ0) is 20.6. The smallest absolute Gasteiger partial charge is 0.345 e. The second-order valence-electron chi connectivity index (χ2n) is 8.78. The zero-order valence-corrected chi connectivity index (χ0v) is 17.3. The number of nitrogens with zero attached hydrogens (tertiary/aromatic N) is 1. The number of rotatable bonds is 2. The molecule has 5 nitrogen and oxygen atoms in total. The summed E-state index contributed by atoms with van der Waals surface area (Å²) in [5, 5.41) is 11.1. The summed E-state index contributed by atoms with van der Waals surface area (Å²) in [7, 11) is 2.17. The molecule has 1 saturated heterocycles. The van der Waals surface area contributed by atoms with Gasteiger partial charge < -0.3 is 19.5 Å². The van der Waals surface area contributed by atoms with Gasteiger partial charge in [0.2, 0.25) is 0 Å². The highest BCUT2D eigenvalue weighted by molar-refractivity contribution is 6.33. The Morgan fingerprint density at radius 2 is 2.10 bits per heavy atom. The Kier molecular flexibility index (Phi) is 3.89. The minimum absolute atomic E-state index is 0.271. The molecule has 4 aliphatic rings. The van der Waals surface area contributed by atoms with E-state index in [9.17, 15) is 9.90 Å². The molecule has 0 radical (unpaired) electrons. The maximum atomic E-state index is 12.8. The third kappa shape index (κ3) is 2.28. The number of aliphatic hydroxyl groups is 1. The Morgan fingerprint density at radius 3 is 2.93 bits per heavy atom. The zero-order valence-electron chi connectivity index (χ0n) is 16.5. The summed E-state index contributed by atoms with van der Waals surface area (Å²) >= 11 is 6.18. The van der Waals surface area contributed by atoms with Gasteiger partial charge in [-0.25, -0.2) is 4.79 Å². The first-order valence-electron chi connectivity index (χ1n) is 10.4. The molecule has 2 bridgehead atoms. The molecule has 2 aromatic rings. The van der Waals surface area contributed by atoms with Crippen LogP contribution in [0.3, 0.4) is 0 Å². The summed E-state index contributed by atoms with van der Waals surface area (Å²) in [5.41, 5.74) is 2.38. The van der Waals surface area contributed by atoms with Crippen molar-refractivity contribution in [1.29, 1.82) is 0 Å². The lowest BCUT2D eigenvalue weighted by Gasteiger charge is -2.56. The molecule has 1 N–H and O–H groups in total. The van der Waals surface area contributed by atoms with Crippen LogP contribution in [0.15, 0.2) is 48.6 Å². The molecule has 1 spiro atoms. The largest absolute Gasteiger partial charge is 0.482 e. The molecule has 2 aromatic carbocycles. The monoisotopic (exact) mass is 423 g/mol. The number of likely N-dealkylation sites (tertiary alicyclic amines) is 1. The van der Waals surface area contributed by atoms with Crippen molar-refractivity contribution >= 4 is 17.6 Å². The number of esters is 1. The van der Waals surface area contributed by atoms with E-state index in [0.717, 1.165) is 24.9 Å². The fourth-order valence-corrected chi connectivity index (χ4v) is 6.30. The molecule has 1 unspecified atom stereocenters. The maximum absolute atomic E-state index is 12.8. The highest BCUT2D eigenvalue weighted by atomic mass is 35.5. The molecule has 2 heterocycles. The fourth-order valence-electron chi connectivity index (χ4n) is 6.09. The summed E-state index contributed by atoms with van der Waals surface area (Å²) in [4.78, 5) is 15.2. The second-order valence-corrected chi connectivity index (χ2v) is 9.19. The van der Waals surface area contributed by atoms with Crippen LogP contribution in [-0.4, -0.2) is 47.8 Å². The summed E-state index contributed by atoms with van der Waals surface area (Å²) in [5.74, 6) is 0.757. The predicted octanol–water partition coefficient (Wildman–Crippen LogP) is 3.37. The first kappa shape index (κ1) is 18.4. The topological polar surface area (TPSA) is 59.0 Å². The Hall–Kier alpha value is -2.34. The third-order valence-electron chi connectivity index (χ3n) is 7.43. The standard InChI is InChI=1S/C24H22ClNO4/c1-26-11-10-24-15-7-8-18(27)22(24)30-21-19(9-6-13(20(21)24)12-17(15)26)29-23(28)14-4-2-3-5-16(14)25/h2-9,15,17-18,22,27H,10-12H2,1H3/t15?,17-,18+,22+,24+/m1/s1. The quantitative estimate of drug-likeness (QED) is 0.456. The number of piperidine rings is 1. The van der Waals surface area contributed by atoms with Crippen molar-refractivity contribution in [2.75, 3.05) is 13.6 Å². The van der Waals surface area contributed by atoms with Crippen molar-refractivity contribution in [3.8, 4) is 11.5 Å². The number of hydrogen-bond donors (Lipinski definition) is 1. The normalized spacial score (nSPS) is 33.0. The Balaban J connectivity index is 1.47. The van der Waals surface area contributed by atoms with Crippen LogP contribution in [0.25, 0.3) is 0 Å². The molecule has 2 aliphatic carbocycles. The van der Waals surface area contributed by atoms with Crippen LogP contribution < -0.4 is 9.47 Å². The summed E-state index contributed by atoms with van der Waals surface area (Å²) in [6, 6.07) is 11.1. The van der Waals surface area contributed by atoms with E-state index < -0.39 is 12.1 Å². The number of ether oxygens (including phenoxy) is 2. The van der Waals surface area contributed by atoms with Crippen molar-refractivity contribution in [3.63, 3.8) is 0 Å². The van der Waals surface area contributed by atoms with Gasteiger partial charge in [0.05, 0.1) is 10.6 Å². The highest BCUT2D eigenvalue weighted by Crippen LogP contribution is 2.62. The molecule has 6 heteroatoms. The molecule has 5 atom stereocenters. The second kappa shape index (κ2) is 6.33. The molecule has 0 aromatic heterocycles. The van der Waals surface area contributed by atoms with Crippen LogP contribution in [0, 0.1) is 5.92 Å². The highest BCUT2D eigenvalue weighted by Gasteiger charge is 2.64. The average molecular weight is 424 g/mol. The van der Waals surface area contributed by atoms with E-state index >= 15 is 0 Å². The Labute approximate surface area is 179 Å². The van der Waals surface area contributed by atoms with Crippen LogP contribution in [-0.2, 0) is 11.8 Å². The van der Waals surface area contributed by atoms with Gasteiger partial charge in [0, 0.05) is 22.9 Å². The SMILES string of the molecule is CN1CC[C@]23c4c5ccc(OC(=O)c6ccccc6Cl)c4O[C@H]2[C@@H](O)C=CC3[C@H]1C5. The number of halogens is 1. The molecule has 154 valence electrons. The lowest BCUT2D eigenvalue weighted by Crippen LogP contribution is -2.64. The van der Waals surface area contributed by atoms with Crippen molar-refractivity contribution in [3.05, 3.63) is 70.3 Å². The maximum Gasteiger partial charge on any atom is 0.345 e. The first-order chi connectivity index (χ1) is 14.5. The van der Waals surface area contributed by atoms with Gasteiger partial charge >= 0.3 is 5.97 Å². The number of carbonyl (C=O) groups is 1. The number of benzene rings is 2. The lowest BCUT2D eigenvalue weighted by atomic mass is 9.53. The fraction of sp³-hybridized carbons (Fsp3) is 0.375. The minimum Gasteiger partial charge on any atom is -0.482 e. The first-order valence-corrected chi connectivity index (χ1v) is 10.7. The van der Waals surface area contributed by atoms with Gasteiger partial charge in [0.15, 0.2) is 11.5 Å². The lowest BCUT2D eigenvalue weighted by molar-refractivity contribution is -0.0453. The van der Waals surface area contributed by atoms with E-state index in [1.807, 2.05) is 12.1 Å². The van der Waals surface area contributed by atoms with Gasteiger partial charge in [-0.1, -0.05) is 42.0 Å². The number of aliphatic hydroxyl groups excluding tert-OH is 1. The van der Waals surface area contributed by atoms with Gasteiger partial charge in [0.1, 0.15) is 12.2 Å². The molecule has 0 amide bonds. The van der Waals surface area contributed by atoms with Gasteiger partial charge in [0.25, 0.3) is 0 Å². The number of hydrogen-bond acceptors (Lipinski definition) is 5. The van der Waals surface area contributed by atoms with Crippen LogP contribution in [0.2, 0.25) is 5.02 Å². The van der Waals surface area contributed by atoms with Crippen molar-refractivity contribution in [2.24, 2.45) is 5.92 Å². The van der Waals surface area contributed by atoms with Crippen LogP contribution in [0.1, 0.15) is 27.9 Å². The Bertz CT molecular complexity index is 1100. The van der Waals surface area contributed by atoms with Gasteiger partial charge in [-0.05, 0) is 50.2 Å². The predicted molar refractivity (Wildman–Crippen MR) is 112 cm³/mol. The van der Waals surface area contributed by atoms with Gasteiger partial charge in [-0.15, -0.1) is 0 Å². The van der Waals surface area contributed by atoms with Crippen LogP contribution in [0.5, 0.6) is 11.5 Å². The third-order valence-corrected chi connectivity index (χ3v) is 7.76. The van der Waals surface area contributed by atoms with Crippen molar-refractivity contribution in [2.45, 2.75) is 36.5 Å². The summed E-state index contributed by atoms with van der Waals surface area (Å²) in [6.45, 7) is 0.949.